The standard InChI is InChI=1S/C14H12BrCl2FN2O2S2/c15-11-12(14(17)23-13(11)16)24(21,22)20-7-5-19(6-8-20)10-4-2-1-3-9(10)18/h1-4H,5-8H2. The van der Waals surface area contributed by atoms with Crippen molar-refractivity contribution in [3.05, 3.63) is 43.2 Å². The molecule has 0 unspecified atom stereocenters. The third-order valence-electron chi connectivity index (χ3n) is 3.76. The van der Waals surface area contributed by atoms with Crippen molar-refractivity contribution in [1.29, 1.82) is 0 Å². The van der Waals surface area contributed by atoms with Crippen molar-refractivity contribution in [1.82, 2.24) is 4.31 Å². The topological polar surface area (TPSA) is 40.6 Å². The molecule has 0 bridgehead atoms. The lowest BCUT2D eigenvalue weighted by atomic mass is 10.2. The molecular formula is C14H12BrCl2FN2O2S2. The van der Waals surface area contributed by atoms with Gasteiger partial charge in [-0.15, -0.1) is 11.3 Å². The molecule has 1 saturated heterocycles. The first-order chi connectivity index (χ1) is 11.3. The zero-order valence-corrected chi connectivity index (χ0v) is 16.9. The van der Waals surface area contributed by atoms with Crippen molar-refractivity contribution in [3.8, 4) is 0 Å². The Kier molecular flexibility index (Phi) is 5.44. The molecule has 0 atom stereocenters. The Bertz CT molecular complexity index is 868. The summed E-state index contributed by atoms with van der Waals surface area (Å²) < 4.78 is 41.6. The van der Waals surface area contributed by atoms with Crippen molar-refractivity contribution in [2.45, 2.75) is 4.90 Å². The van der Waals surface area contributed by atoms with Crippen LogP contribution in [0.2, 0.25) is 8.67 Å². The fraction of sp³-hybridized carbons (Fsp3) is 0.286. The summed E-state index contributed by atoms with van der Waals surface area (Å²) in [5, 5.41) is 0. The molecule has 0 saturated carbocycles. The third kappa shape index (κ3) is 3.32. The van der Waals surface area contributed by atoms with Crippen LogP contribution < -0.4 is 4.90 Å². The maximum Gasteiger partial charge on any atom is 0.246 e. The van der Waals surface area contributed by atoms with Crippen molar-refractivity contribution in [2.24, 2.45) is 0 Å². The van der Waals surface area contributed by atoms with E-state index in [4.69, 9.17) is 23.2 Å². The van der Waals surface area contributed by atoms with Crippen LogP contribution in [-0.4, -0.2) is 38.9 Å². The monoisotopic (exact) mass is 472 g/mol. The van der Waals surface area contributed by atoms with Gasteiger partial charge in [0.2, 0.25) is 10.0 Å². The highest BCUT2D eigenvalue weighted by Gasteiger charge is 2.34. The zero-order valence-electron chi connectivity index (χ0n) is 12.2. The first kappa shape index (κ1) is 18.4. The van der Waals surface area contributed by atoms with E-state index in [2.05, 4.69) is 15.9 Å². The van der Waals surface area contributed by atoms with E-state index in [1.165, 1.54) is 10.4 Å². The zero-order chi connectivity index (χ0) is 17.5. The Morgan fingerprint density at radius 1 is 1.08 bits per heavy atom. The Hall–Kier alpha value is -0.380. The second kappa shape index (κ2) is 7.09. The summed E-state index contributed by atoms with van der Waals surface area (Å²) in [7, 11) is -3.76. The molecule has 2 aromatic rings. The third-order valence-corrected chi connectivity index (χ3v) is 9.12. The van der Waals surface area contributed by atoms with Crippen molar-refractivity contribution >= 4 is 66.2 Å². The highest BCUT2D eigenvalue weighted by atomic mass is 79.9. The average Bonchev–Trinajstić information content (AvgIpc) is 2.81. The predicted molar refractivity (Wildman–Crippen MR) is 99.4 cm³/mol. The molecule has 0 radical (unpaired) electrons. The first-order valence-electron chi connectivity index (χ1n) is 6.95. The van der Waals surface area contributed by atoms with Crippen molar-refractivity contribution in [2.75, 3.05) is 31.1 Å². The summed E-state index contributed by atoms with van der Waals surface area (Å²) in [4.78, 5) is 1.83. The van der Waals surface area contributed by atoms with Gasteiger partial charge in [0.05, 0.1) is 10.2 Å². The molecule has 0 spiro atoms. The number of hydrogen-bond acceptors (Lipinski definition) is 4. The minimum Gasteiger partial charge on any atom is -0.367 e. The molecule has 24 heavy (non-hydrogen) atoms. The van der Waals surface area contributed by atoms with Gasteiger partial charge in [0.1, 0.15) is 19.4 Å². The maximum absolute atomic E-state index is 13.9. The lowest BCUT2D eigenvalue weighted by molar-refractivity contribution is 0.383. The fourth-order valence-electron chi connectivity index (χ4n) is 2.57. The molecule has 2 heterocycles. The molecule has 1 aliphatic heterocycles. The second-order valence-corrected chi connectivity index (χ2v) is 10.0. The van der Waals surface area contributed by atoms with Crippen LogP contribution in [0.3, 0.4) is 0 Å². The normalized spacial score (nSPS) is 16.6. The minimum absolute atomic E-state index is 0.00138. The summed E-state index contributed by atoms with van der Waals surface area (Å²) in [6, 6.07) is 6.46. The Balaban J connectivity index is 1.80. The van der Waals surface area contributed by atoms with Gasteiger partial charge in [0.25, 0.3) is 0 Å². The number of piperazine rings is 1. The van der Waals surface area contributed by atoms with Gasteiger partial charge in [-0.1, -0.05) is 35.3 Å². The summed E-state index contributed by atoms with van der Waals surface area (Å²) >= 11 is 16.2. The highest BCUT2D eigenvalue weighted by molar-refractivity contribution is 9.10. The molecule has 0 amide bonds. The lowest BCUT2D eigenvalue weighted by Crippen LogP contribution is -2.48. The molecule has 4 nitrogen and oxygen atoms in total. The van der Waals surface area contributed by atoms with Crippen molar-refractivity contribution in [3.63, 3.8) is 0 Å². The van der Waals surface area contributed by atoms with E-state index in [9.17, 15) is 12.8 Å². The number of anilines is 1. The SMILES string of the molecule is O=S(=O)(c1c(Cl)sc(Cl)c1Br)N1CCN(c2ccccc2F)CC1. The van der Waals surface area contributed by atoms with Crippen LogP contribution in [0.1, 0.15) is 0 Å². The van der Waals surface area contributed by atoms with Crippen LogP contribution in [-0.2, 0) is 10.0 Å². The lowest BCUT2D eigenvalue weighted by Gasteiger charge is -2.35. The highest BCUT2D eigenvalue weighted by Crippen LogP contribution is 2.44. The van der Waals surface area contributed by atoms with Gasteiger partial charge in [-0.25, -0.2) is 12.8 Å². The van der Waals surface area contributed by atoms with Crippen LogP contribution in [0.4, 0.5) is 10.1 Å². The van der Waals surface area contributed by atoms with E-state index < -0.39 is 10.0 Å². The van der Waals surface area contributed by atoms with Crippen LogP contribution in [0, 0.1) is 5.82 Å². The largest absolute Gasteiger partial charge is 0.367 e. The van der Waals surface area contributed by atoms with Gasteiger partial charge in [0, 0.05) is 26.2 Å². The smallest absolute Gasteiger partial charge is 0.246 e. The van der Waals surface area contributed by atoms with E-state index in [1.54, 1.807) is 18.2 Å². The molecule has 1 aromatic carbocycles. The Morgan fingerprint density at radius 3 is 2.25 bits per heavy atom. The fourth-order valence-corrected chi connectivity index (χ4v) is 7.47. The predicted octanol–water partition coefficient (Wildman–Crippen LogP) is 4.47. The minimum atomic E-state index is -3.76. The second-order valence-electron chi connectivity index (χ2n) is 5.14. The van der Waals surface area contributed by atoms with Gasteiger partial charge in [-0.05, 0) is 28.1 Å². The van der Waals surface area contributed by atoms with Crippen LogP contribution in [0.15, 0.2) is 33.6 Å². The first-order valence-corrected chi connectivity index (χ1v) is 10.8. The van der Waals surface area contributed by atoms with Crippen LogP contribution in [0.25, 0.3) is 0 Å². The van der Waals surface area contributed by atoms with Crippen molar-refractivity contribution < 1.29 is 12.8 Å². The molecule has 130 valence electrons. The molecule has 3 rings (SSSR count). The van der Waals surface area contributed by atoms with Crippen LogP contribution in [0.5, 0.6) is 0 Å². The quantitative estimate of drug-likeness (QED) is 0.660. The van der Waals surface area contributed by atoms with E-state index >= 15 is 0 Å². The molecule has 1 aliphatic rings. The molecule has 1 aromatic heterocycles. The van der Waals surface area contributed by atoms with Gasteiger partial charge >= 0.3 is 0 Å². The number of nitrogens with zero attached hydrogens (tertiary/aromatic N) is 2. The summed E-state index contributed by atoms with van der Waals surface area (Å²) in [5.41, 5.74) is 0.479. The van der Waals surface area contributed by atoms with E-state index in [0.717, 1.165) is 11.3 Å². The molecule has 0 N–H and O–H groups in total. The Labute approximate surface area is 162 Å². The molecule has 0 aliphatic carbocycles. The average molecular weight is 474 g/mol. The van der Waals surface area contributed by atoms with Gasteiger partial charge in [-0.2, -0.15) is 4.31 Å². The number of halogens is 4. The number of hydrogen-bond donors (Lipinski definition) is 0. The number of thiophene rings is 1. The van der Waals surface area contributed by atoms with Gasteiger partial charge in [-0.3, -0.25) is 0 Å². The van der Waals surface area contributed by atoms with Gasteiger partial charge in [0.15, 0.2) is 0 Å². The number of benzene rings is 1. The maximum atomic E-state index is 13.9. The Morgan fingerprint density at radius 2 is 1.71 bits per heavy atom. The molecule has 10 heteroatoms. The summed E-state index contributed by atoms with van der Waals surface area (Å²) in [5.74, 6) is -0.316. The molecule has 1 fully saturated rings. The van der Waals surface area contributed by atoms with E-state index in [0.29, 0.717) is 23.1 Å². The van der Waals surface area contributed by atoms with E-state index in [-0.39, 0.29) is 32.6 Å². The van der Waals surface area contributed by atoms with E-state index in [1.807, 2.05) is 4.90 Å². The number of sulfonamides is 1. The van der Waals surface area contributed by atoms with Crippen LogP contribution >= 0.6 is 50.5 Å². The molecular weight excluding hydrogens is 462 g/mol. The number of para-hydroxylation sites is 1. The van der Waals surface area contributed by atoms with Gasteiger partial charge < -0.3 is 4.90 Å². The summed E-state index contributed by atoms with van der Waals surface area (Å²) in [6.07, 6.45) is 0. The number of rotatable bonds is 3. The summed E-state index contributed by atoms with van der Waals surface area (Å²) in [6.45, 7) is 1.28.